The number of methoxy groups -OCH3 is 2. The van der Waals surface area contributed by atoms with Crippen LogP contribution in [0.1, 0.15) is 37.3 Å². The number of carbonyl (C=O) groups excluding carboxylic acids is 2. The number of aryl methyl sites for hydroxylation is 1. The van der Waals surface area contributed by atoms with Crippen LogP contribution < -0.4 is 14.8 Å². The highest BCUT2D eigenvalue weighted by Crippen LogP contribution is 2.34. The fourth-order valence-electron chi connectivity index (χ4n) is 2.91. The Morgan fingerprint density at radius 2 is 1.71 bits per heavy atom. The fourth-order valence-corrected chi connectivity index (χ4v) is 2.91. The molecule has 0 fully saturated rings. The summed E-state index contributed by atoms with van der Waals surface area (Å²) in [4.78, 5) is 46.4. The third-order valence-electron chi connectivity index (χ3n) is 4.46. The number of carboxylic acid groups (broad SMARTS) is 2. The third-order valence-corrected chi connectivity index (χ3v) is 4.46. The van der Waals surface area contributed by atoms with Crippen LogP contribution in [0.5, 0.6) is 11.5 Å². The summed E-state index contributed by atoms with van der Waals surface area (Å²) in [6, 6.07) is 0.441. The predicted octanol–water partition coefficient (Wildman–Crippen LogP) is 2.23. The molecular weight excluding hydrogens is 408 g/mol. The van der Waals surface area contributed by atoms with Gasteiger partial charge in [0.25, 0.3) is 0 Å². The molecule has 1 aromatic rings. The first-order chi connectivity index (χ1) is 14.5. The van der Waals surface area contributed by atoms with Gasteiger partial charge in [-0.3, -0.25) is 14.4 Å². The van der Waals surface area contributed by atoms with Crippen molar-refractivity contribution in [3.05, 3.63) is 35.1 Å². The molecule has 1 amide bonds. The number of allylic oxidation sites excluding steroid dienone is 1. The Hall–Kier alpha value is -3.40. The zero-order chi connectivity index (χ0) is 23.7. The SMILES string of the molecule is COc1cc(C)c(/C(=C\C(C)=O)CC(NC(=O)C([NH-])CCC(=O)O)C(=O)O)cc1OC. The number of carboxylic acids is 2. The first kappa shape index (κ1) is 25.6. The van der Waals surface area contributed by atoms with E-state index in [9.17, 15) is 24.3 Å². The van der Waals surface area contributed by atoms with Crippen LogP contribution in [0.3, 0.4) is 0 Å². The van der Waals surface area contributed by atoms with Crippen molar-refractivity contribution in [1.29, 1.82) is 0 Å². The van der Waals surface area contributed by atoms with Crippen molar-refractivity contribution in [2.24, 2.45) is 0 Å². The zero-order valence-corrected chi connectivity index (χ0v) is 17.9. The van der Waals surface area contributed by atoms with Gasteiger partial charge in [0.05, 0.1) is 14.2 Å². The molecule has 0 aliphatic rings. The molecule has 170 valence electrons. The van der Waals surface area contributed by atoms with Gasteiger partial charge in [0.2, 0.25) is 5.91 Å². The van der Waals surface area contributed by atoms with E-state index < -0.39 is 29.9 Å². The van der Waals surface area contributed by atoms with Crippen LogP contribution in [0.2, 0.25) is 0 Å². The van der Waals surface area contributed by atoms with Crippen molar-refractivity contribution < 1.29 is 38.9 Å². The minimum Gasteiger partial charge on any atom is -0.667 e. The van der Waals surface area contributed by atoms with E-state index >= 15 is 0 Å². The Kier molecular flexibility index (Phi) is 9.68. The van der Waals surface area contributed by atoms with Gasteiger partial charge in [-0.05, 0) is 48.8 Å². The molecule has 0 saturated heterocycles. The Bertz CT molecular complexity index is 878. The van der Waals surface area contributed by atoms with E-state index in [1.165, 1.54) is 27.2 Å². The molecule has 0 heterocycles. The number of hydrogen-bond acceptors (Lipinski definition) is 6. The molecule has 0 radical (unpaired) electrons. The first-order valence-corrected chi connectivity index (χ1v) is 9.40. The molecule has 0 aliphatic carbocycles. The number of carbonyl (C=O) groups is 4. The highest BCUT2D eigenvalue weighted by atomic mass is 16.5. The standard InChI is InChI=1S/C21H27N2O8/c1-11-7-17(30-3)18(31-4)10-14(11)13(8-12(2)24)9-16(21(28)29)23-20(27)15(22)5-6-19(25)26/h7-8,10,15-16,22H,5-6,9H2,1-4H3,(H,23,27)(H,25,26)(H,28,29)/q-1/b13-8-. The van der Waals surface area contributed by atoms with Gasteiger partial charge >= 0.3 is 11.9 Å². The van der Waals surface area contributed by atoms with Crippen molar-refractivity contribution >= 4 is 29.2 Å². The molecule has 2 unspecified atom stereocenters. The van der Waals surface area contributed by atoms with Crippen LogP contribution in [0.4, 0.5) is 0 Å². The Balaban J connectivity index is 3.22. The van der Waals surface area contributed by atoms with E-state index in [1.54, 1.807) is 19.1 Å². The maximum absolute atomic E-state index is 12.2. The van der Waals surface area contributed by atoms with Crippen molar-refractivity contribution in [2.75, 3.05) is 14.2 Å². The molecule has 1 aromatic carbocycles. The molecule has 4 N–H and O–H groups in total. The van der Waals surface area contributed by atoms with Crippen molar-refractivity contribution in [3.63, 3.8) is 0 Å². The van der Waals surface area contributed by atoms with Gasteiger partial charge in [-0.2, -0.15) is 0 Å². The normalized spacial score (nSPS) is 13.1. The van der Waals surface area contributed by atoms with E-state index in [0.717, 1.165) is 0 Å². The lowest BCUT2D eigenvalue weighted by atomic mass is 9.93. The van der Waals surface area contributed by atoms with Gasteiger partial charge in [-0.15, -0.1) is 0 Å². The summed E-state index contributed by atoms with van der Waals surface area (Å²) < 4.78 is 10.5. The van der Waals surface area contributed by atoms with E-state index in [-0.39, 0.29) is 25.0 Å². The Labute approximate surface area is 180 Å². The second-order valence-electron chi connectivity index (χ2n) is 6.89. The molecule has 0 saturated carbocycles. The molecule has 31 heavy (non-hydrogen) atoms. The lowest BCUT2D eigenvalue weighted by molar-refractivity contribution is -0.142. The van der Waals surface area contributed by atoms with E-state index in [0.29, 0.717) is 28.2 Å². The molecule has 0 bridgehead atoms. The average Bonchev–Trinajstić information content (AvgIpc) is 2.69. The summed E-state index contributed by atoms with van der Waals surface area (Å²) in [6.45, 7) is 3.07. The smallest absolute Gasteiger partial charge is 0.326 e. The van der Waals surface area contributed by atoms with Crippen molar-refractivity contribution in [1.82, 2.24) is 5.32 Å². The number of amides is 1. The molecule has 2 atom stereocenters. The van der Waals surface area contributed by atoms with Gasteiger partial charge in [0.15, 0.2) is 17.3 Å². The third kappa shape index (κ3) is 7.74. The summed E-state index contributed by atoms with van der Waals surface area (Å²) in [5.41, 5.74) is 9.32. The second-order valence-corrected chi connectivity index (χ2v) is 6.89. The summed E-state index contributed by atoms with van der Waals surface area (Å²) >= 11 is 0. The van der Waals surface area contributed by atoms with Gasteiger partial charge < -0.3 is 30.7 Å². The minimum absolute atomic E-state index is 0.234. The largest absolute Gasteiger partial charge is 0.667 e. The molecule has 10 nitrogen and oxygen atoms in total. The highest BCUT2D eigenvalue weighted by molar-refractivity contribution is 5.97. The topological polar surface area (TPSA) is 163 Å². The van der Waals surface area contributed by atoms with Gasteiger partial charge in [0.1, 0.15) is 6.04 Å². The van der Waals surface area contributed by atoms with Crippen LogP contribution in [-0.2, 0) is 19.2 Å². The fraction of sp³-hybridized carbons (Fsp3) is 0.429. The zero-order valence-electron chi connectivity index (χ0n) is 17.9. The quantitative estimate of drug-likeness (QED) is 0.421. The number of nitrogens with one attached hydrogen (secondary N) is 2. The average molecular weight is 435 g/mol. The molecular formula is C21H27N2O8-. The van der Waals surface area contributed by atoms with E-state index in [4.69, 9.17) is 20.3 Å². The van der Waals surface area contributed by atoms with Crippen LogP contribution in [0.25, 0.3) is 11.3 Å². The number of hydrogen-bond donors (Lipinski definition) is 3. The summed E-state index contributed by atoms with van der Waals surface area (Å²) in [6.07, 6.45) is 0.402. The number of ketones is 1. The van der Waals surface area contributed by atoms with Crippen molar-refractivity contribution in [2.45, 2.75) is 45.2 Å². The molecule has 0 aromatic heterocycles. The van der Waals surface area contributed by atoms with E-state index in [2.05, 4.69) is 5.32 Å². The van der Waals surface area contributed by atoms with Crippen LogP contribution in [0, 0.1) is 6.92 Å². The highest BCUT2D eigenvalue weighted by Gasteiger charge is 2.24. The Morgan fingerprint density at radius 3 is 2.19 bits per heavy atom. The van der Waals surface area contributed by atoms with Crippen LogP contribution in [0.15, 0.2) is 18.2 Å². The van der Waals surface area contributed by atoms with Crippen LogP contribution in [-0.4, -0.2) is 60.1 Å². The number of aliphatic carboxylic acids is 2. The number of rotatable bonds is 12. The van der Waals surface area contributed by atoms with E-state index in [1.807, 2.05) is 0 Å². The lowest BCUT2D eigenvalue weighted by Gasteiger charge is -2.23. The Morgan fingerprint density at radius 1 is 1.13 bits per heavy atom. The second kappa shape index (κ2) is 11.7. The van der Waals surface area contributed by atoms with Crippen molar-refractivity contribution in [3.8, 4) is 11.5 Å². The van der Waals surface area contributed by atoms with Gasteiger partial charge in [0, 0.05) is 12.8 Å². The maximum atomic E-state index is 12.2. The minimum atomic E-state index is -1.43. The van der Waals surface area contributed by atoms with Crippen LogP contribution >= 0.6 is 0 Å². The lowest BCUT2D eigenvalue weighted by Crippen LogP contribution is -2.44. The first-order valence-electron chi connectivity index (χ1n) is 9.40. The molecule has 0 spiro atoms. The predicted molar refractivity (Wildman–Crippen MR) is 112 cm³/mol. The number of benzene rings is 1. The van der Waals surface area contributed by atoms with Gasteiger partial charge in [-0.25, -0.2) is 4.79 Å². The summed E-state index contributed by atoms with van der Waals surface area (Å²) in [5, 5.41) is 20.5. The maximum Gasteiger partial charge on any atom is 0.326 e. The summed E-state index contributed by atoms with van der Waals surface area (Å²) in [5.74, 6) is -2.89. The monoisotopic (exact) mass is 435 g/mol. The summed E-state index contributed by atoms with van der Waals surface area (Å²) in [7, 11) is 2.91. The molecule has 1 rings (SSSR count). The van der Waals surface area contributed by atoms with Gasteiger partial charge in [-0.1, -0.05) is 12.5 Å². The molecule has 0 aliphatic heterocycles. The number of ether oxygens (including phenoxy) is 2. The molecule has 10 heteroatoms.